The van der Waals surface area contributed by atoms with Crippen LogP contribution in [0.2, 0.25) is 0 Å². The zero-order chi connectivity index (χ0) is 11.4. The van der Waals surface area contributed by atoms with Crippen LogP contribution in [0.5, 0.6) is 0 Å². The topological polar surface area (TPSA) is 21.5 Å². The molecule has 1 aliphatic carbocycles. The number of rotatable bonds is 0. The molecule has 1 aliphatic heterocycles. The van der Waals surface area contributed by atoms with E-state index in [-0.39, 0.29) is 0 Å². The van der Waals surface area contributed by atoms with Crippen molar-refractivity contribution < 1.29 is 5.32 Å². The smallest absolute Gasteiger partial charge is 0.127 e. The third-order valence-electron chi connectivity index (χ3n) is 4.46. The van der Waals surface area contributed by atoms with E-state index in [1.54, 1.807) is 11.3 Å². The van der Waals surface area contributed by atoms with Crippen molar-refractivity contribution in [2.24, 2.45) is 0 Å². The van der Waals surface area contributed by atoms with Crippen molar-refractivity contribution in [2.75, 3.05) is 6.54 Å². The van der Waals surface area contributed by atoms with Gasteiger partial charge in [0.25, 0.3) is 0 Å². The summed E-state index contributed by atoms with van der Waals surface area (Å²) in [5.74, 6) is 0. The molecular formula is C15H19N2+. The second-order valence-electron chi connectivity index (χ2n) is 5.56. The minimum Gasteiger partial charge on any atom is -0.337 e. The molecule has 2 aliphatic rings. The van der Waals surface area contributed by atoms with Gasteiger partial charge in [-0.25, -0.2) is 0 Å². The van der Waals surface area contributed by atoms with E-state index in [1.807, 2.05) is 0 Å². The molecule has 17 heavy (non-hydrogen) atoms. The Bertz CT molecular complexity index is 592. The fourth-order valence-corrected chi connectivity index (χ4v) is 3.75. The maximum Gasteiger partial charge on any atom is 0.127 e. The number of nitrogens with zero attached hydrogens (tertiary/aromatic N) is 1. The summed E-state index contributed by atoms with van der Waals surface area (Å²) in [5.41, 5.74) is 6.16. The molecule has 4 rings (SSSR count). The SMILES string of the molecule is Cc1ccc2c(c1)c1c3n2CC[NH2+][C@H]3CCC1. The lowest BCUT2D eigenvalue weighted by molar-refractivity contribution is -0.704. The van der Waals surface area contributed by atoms with E-state index in [0.29, 0.717) is 0 Å². The standard InChI is InChI=1S/C15H18N2/c1-10-5-6-14-12(9-10)11-3-2-4-13-15(11)17(14)8-7-16-13/h5-6,9,13,16H,2-4,7-8H2,1H3/p+1/t13-/m0/s1. The molecule has 0 amide bonds. The summed E-state index contributed by atoms with van der Waals surface area (Å²) in [6.45, 7) is 4.63. The van der Waals surface area contributed by atoms with E-state index in [9.17, 15) is 0 Å². The van der Waals surface area contributed by atoms with Crippen molar-refractivity contribution in [2.45, 2.75) is 38.8 Å². The Morgan fingerprint density at radius 3 is 3.24 bits per heavy atom. The minimum atomic E-state index is 0.736. The van der Waals surface area contributed by atoms with Crippen molar-refractivity contribution in [3.8, 4) is 0 Å². The Morgan fingerprint density at radius 1 is 1.35 bits per heavy atom. The zero-order valence-electron chi connectivity index (χ0n) is 10.4. The number of benzene rings is 1. The van der Waals surface area contributed by atoms with Crippen LogP contribution < -0.4 is 5.32 Å². The van der Waals surface area contributed by atoms with E-state index in [4.69, 9.17) is 0 Å². The fourth-order valence-electron chi connectivity index (χ4n) is 3.75. The van der Waals surface area contributed by atoms with Gasteiger partial charge in [0.2, 0.25) is 0 Å². The predicted octanol–water partition coefficient (Wildman–Crippen LogP) is 1.90. The summed E-state index contributed by atoms with van der Waals surface area (Å²) in [5, 5.41) is 4.07. The summed E-state index contributed by atoms with van der Waals surface area (Å²) < 4.78 is 2.59. The lowest BCUT2D eigenvalue weighted by atomic mass is 9.90. The second-order valence-corrected chi connectivity index (χ2v) is 5.56. The molecule has 1 atom stereocenters. The van der Waals surface area contributed by atoms with Crippen LogP contribution in [-0.4, -0.2) is 11.1 Å². The zero-order valence-corrected chi connectivity index (χ0v) is 10.4. The Hall–Kier alpha value is -1.28. The van der Waals surface area contributed by atoms with Crippen LogP contribution in [0.4, 0.5) is 0 Å². The molecule has 0 saturated carbocycles. The molecule has 2 heterocycles. The first-order chi connectivity index (χ1) is 8.34. The maximum absolute atomic E-state index is 2.59. The van der Waals surface area contributed by atoms with Crippen LogP contribution in [0.1, 0.15) is 35.7 Å². The first kappa shape index (κ1) is 9.72. The molecule has 2 N–H and O–H groups in total. The molecule has 0 fully saturated rings. The third-order valence-corrected chi connectivity index (χ3v) is 4.46. The molecule has 1 aromatic heterocycles. The Balaban J connectivity index is 2.11. The maximum atomic E-state index is 2.59. The van der Waals surface area contributed by atoms with Crippen LogP contribution in [0, 0.1) is 6.92 Å². The summed E-state index contributed by atoms with van der Waals surface area (Å²) in [6.07, 6.45) is 4.01. The lowest BCUT2D eigenvalue weighted by Crippen LogP contribution is -2.88. The Kier molecular flexibility index (Phi) is 1.92. The first-order valence-corrected chi connectivity index (χ1v) is 6.79. The number of aromatic nitrogens is 1. The van der Waals surface area contributed by atoms with E-state index in [1.165, 1.54) is 48.8 Å². The number of quaternary nitrogens is 1. The first-order valence-electron chi connectivity index (χ1n) is 6.79. The summed E-state index contributed by atoms with van der Waals surface area (Å²) >= 11 is 0. The summed E-state index contributed by atoms with van der Waals surface area (Å²) in [7, 11) is 0. The summed E-state index contributed by atoms with van der Waals surface area (Å²) in [4.78, 5) is 0. The molecular weight excluding hydrogens is 208 g/mol. The van der Waals surface area contributed by atoms with Gasteiger partial charge in [-0.2, -0.15) is 0 Å². The van der Waals surface area contributed by atoms with E-state index in [0.717, 1.165) is 6.04 Å². The molecule has 2 heteroatoms. The van der Waals surface area contributed by atoms with Gasteiger partial charge >= 0.3 is 0 Å². The van der Waals surface area contributed by atoms with Crippen LogP contribution in [0.15, 0.2) is 18.2 Å². The number of hydrogen-bond donors (Lipinski definition) is 1. The molecule has 1 aromatic carbocycles. The van der Waals surface area contributed by atoms with Crippen LogP contribution >= 0.6 is 0 Å². The largest absolute Gasteiger partial charge is 0.337 e. The molecule has 0 spiro atoms. The number of nitrogens with two attached hydrogens (primary N) is 1. The number of aryl methyl sites for hydroxylation is 2. The van der Waals surface area contributed by atoms with E-state index < -0.39 is 0 Å². The highest BCUT2D eigenvalue weighted by Crippen LogP contribution is 2.37. The van der Waals surface area contributed by atoms with Crippen molar-refractivity contribution in [1.82, 2.24) is 4.57 Å². The van der Waals surface area contributed by atoms with Gasteiger partial charge in [0.05, 0.1) is 18.8 Å². The van der Waals surface area contributed by atoms with Crippen LogP contribution in [0.25, 0.3) is 10.9 Å². The highest BCUT2D eigenvalue weighted by molar-refractivity contribution is 5.86. The molecule has 2 aromatic rings. The van der Waals surface area contributed by atoms with Crippen molar-refractivity contribution in [3.63, 3.8) is 0 Å². The normalized spacial score (nSPS) is 22.8. The van der Waals surface area contributed by atoms with E-state index in [2.05, 4.69) is 35.0 Å². The van der Waals surface area contributed by atoms with E-state index >= 15 is 0 Å². The number of fused-ring (bicyclic) bond motifs is 3. The monoisotopic (exact) mass is 227 g/mol. The van der Waals surface area contributed by atoms with Gasteiger partial charge in [-0.15, -0.1) is 0 Å². The molecule has 88 valence electrons. The van der Waals surface area contributed by atoms with Crippen LogP contribution in [0.3, 0.4) is 0 Å². The highest BCUT2D eigenvalue weighted by atomic mass is 15.1. The molecule has 0 radical (unpaired) electrons. The highest BCUT2D eigenvalue weighted by Gasteiger charge is 2.32. The Labute approximate surface area is 102 Å². The van der Waals surface area contributed by atoms with Gasteiger partial charge in [0, 0.05) is 17.3 Å². The fraction of sp³-hybridized carbons (Fsp3) is 0.467. The molecule has 2 nitrogen and oxygen atoms in total. The average molecular weight is 227 g/mol. The molecule has 0 saturated heterocycles. The lowest BCUT2D eigenvalue weighted by Gasteiger charge is -2.27. The van der Waals surface area contributed by atoms with Gasteiger partial charge in [-0.3, -0.25) is 0 Å². The van der Waals surface area contributed by atoms with Crippen molar-refractivity contribution in [1.29, 1.82) is 0 Å². The van der Waals surface area contributed by atoms with Crippen molar-refractivity contribution in [3.05, 3.63) is 35.0 Å². The van der Waals surface area contributed by atoms with Gasteiger partial charge in [0.1, 0.15) is 6.04 Å². The average Bonchev–Trinajstić information content (AvgIpc) is 2.67. The van der Waals surface area contributed by atoms with Gasteiger partial charge in [-0.1, -0.05) is 11.6 Å². The third kappa shape index (κ3) is 1.25. The van der Waals surface area contributed by atoms with Gasteiger partial charge in [0.15, 0.2) is 0 Å². The Morgan fingerprint density at radius 2 is 2.29 bits per heavy atom. The van der Waals surface area contributed by atoms with Crippen molar-refractivity contribution >= 4 is 10.9 Å². The molecule has 0 bridgehead atoms. The minimum absolute atomic E-state index is 0.736. The van der Waals surface area contributed by atoms with Gasteiger partial charge in [-0.05, 0) is 37.5 Å². The van der Waals surface area contributed by atoms with Crippen LogP contribution in [-0.2, 0) is 13.0 Å². The number of hydrogen-bond acceptors (Lipinski definition) is 0. The predicted molar refractivity (Wildman–Crippen MR) is 69.1 cm³/mol. The van der Waals surface area contributed by atoms with Gasteiger partial charge < -0.3 is 9.88 Å². The second kappa shape index (κ2) is 3.36. The summed E-state index contributed by atoms with van der Waals surface area (Å²) in [6, 6.07) is 7.70. The molecule has 0 unspecified atom stereocenters. The quantitative estimate of drug-likeness (QED) is 0.710.